The first-order valence-electron chi connectivity index (χ1n) is 7.03. The predicted molar refractivity (Wildman–Crippen MR) is 86.7 cm³/mol. The van der Waals surface area contributed by atoms with E-state index in [1.165, 1.54) is 0 Å². The normalized spacial score (nSPS) is 13.5. The Balaban J connectivity index is 2.73. The fourth-order valence-electron chi connectivity index (χ4n) is 1.41. The quantitative estimate of drug-likeness (QED) is 0.379. The molecular weight excluding hydrogens is 284 g/mol. The zero-order valence-corrected chi connectivity index (χ0v) is 14.7. The number of hydrogen-bond acceptors (Lipinski definition) is 4. The van der Waals surface area contributed by atoms with Gasteiger partial charge in [-0.2, -0.15) is 0 Å². The van der Waals surface area contributed by atoms with Crippen LogP contribution in [0.5, 0.6) is 11.5 Å². The SMILES string of the molecule is C[C@@H](Oc1ccc(O[Si](C)(C)C(C)(C)C)cc1)C(=O)NN. The molecular formula is C15H26N2O3Si. The van der Waals surface area contributed by atoms with Crippen molar-refractivity contribution < 1.29 is 14.0 Å². The molecule has 3 N–H and O–H groups in total. The van der Waals surface area contributed by atoms with Crippen molar-refractivity contribution in [1.82, 2.24) is 5.43 Å². The number of benzene rings is 1. The van der Waals surface area contributed by atoms with E-state index in [0.717, 1.165) is 5.75 Å². The molecule has 5 nitrogen and oxygen atoms in total. The molecule has 0 aliphatic heterocycles. The molecule has 1 rings (SSSR count). The molecule has 0 unspecified atom stereocenters. The van der Waals surface area contributed by atoms with Gasteiger partial charge in [-0.05, 0) is 49.3 Å². The second-order valence-corrected chi connectivity index (χ2v) is 11.3. The van der Waals surface area contributed by atoms with E-state index in [1.54, 1.807) is 19.1 Å². The van der Waals surface area contributed by atoms with Crippen molar-refractivity contribution in [1.29, 1.82) is 0 Å². The summed E-state index contributed by atoms with van der Waals surface area (Å²) in [7, 11) is -1.84. The summed E-state index contributed by atoms with van der Waals surface area (Å²) in [4.78, 5) is 11.3. The Hall–Kier alpha value is -1.53. The number of amides is 1. The van der Waals surface area contributed by atoms with Crippen LogP contribution in [0.1, 0.15) is 27.7 Å². The van der Waals surface area contributed by atoms with Crippen LogP contribution in [-0.2, 0) is 4.79 Å². The lowest BCUT2D eigenvalue weighted by Crippen LogP contribution is -2.43. The van der Waals surface area contributed by atoms with Crippen LogP contribution in [-0.4, -0.2) is 20.3 Å². The van der Waals surface area contributed by atoms with E-state index in [1.807, 2.05) is 12.1 Å². The van der Waals surface area contributed by atoms with Crippen molar-refractivity contribution in [3.63, 3.8) is 0 Å². The molecule has 0 radical (unpaired) electrons. The van der Waals surface area contributed by atoms with Gasteiger partial charge >= 0.3 is 0 Å². The molecule has 0 spiro atoms. The number of hydrazine groups is 1. The fourth-order valence-corrected chi connectivity index (χ4v) is 2.44. The molecule has 0 aliphatic rings. The maximum atomic E-state index is 11.3. The molecule has 0 aliphatic carbocycles. The zero-order valence-electron chi connectivity index (χ0n) is 13.7. The molecule has 21 heavy (non-hydrogen) atoms. The van der Waals surface area contributed by atoms with Gasteiger partial charge in [0.2, 0.25) is 8.32 Å². The van der Waals surface area contributed by atoms with Crippen LogP contribution in [0, 0.1) is 0 Å². The number of rotatable bonds is 5. The molecule has 0 saturated heterocycles. The topological polar surface area (TPSA) is 73.6 Å². The highest BCUT2D eigenvalue weighted by molar-refractivity contribution is 6.74. The Labute approximate surface area is 127 Å². The van der Waals surface area contributed by atoms with Gasteiger partial charge in [0.25, 0.3) is 5.91 Å². The Bertz CT molecular complexity index is 481. The third-order valence-electron chi connectivity index (χ3n) is 3.83. The van der Waals surface area contributed by atoms with Gasteiger partial charge in [-0.25, -0.2) is 5.84 Å². The third kappa shape index (κ3) is 4.75. The van der Waals surface area contributed by atoms with E-state index in [4.69, 9.17) is 15.0 Å². The Kier molecular flexibility index (Phi) is 5.41. The highest BCUT2D eigenvalue weighted by Gasteiger charge is 2.38. The molecule has 0 saturated carbocycles. The second-order valence-electron chi connectivity index (χ2n) is 6.60. The van der Waals surface area contributed by atoms with Gasteiger partial charge < -0.3 is 9.16 Å². The lowest BCUT2D eigenvalue weighted by molar-refractivity contribution is -0.127. The zero-order chi connectivity index (χ0) is 16.3. The van der Waals surface area contributed by atoms with E-state index >= 15 is 0 Å². The van der Waals surface area contributed by atoms with Gasteiger partial charge in [0.15, 0.2) is 6.10 Å². The van der Waals surface area contributed by atoms with Crippen molar-refractivity contribution in [2.24, 2.45) is 5.84 Å². The van der Waals surface area contributed by atoms with Gasteiger partial charge in [-0.1, -0.05) is 20.8 Å². The van der Waals surface area contributed by atoms with Crippen LogP contribution in [0.15, 0.2) is 24.3 Å². The van der Waals surface area contributed by atoms with Crippen LogP contribution in [0.3, 0.4) is 0 Å². The summed E-state index contributed by atoms with van der Waals surface area (Å²) in [5, 5.41) is 0.149. The monoisotopic (exact) mass is 310 g/mol. The standard InChI is InChI=1S/C15H26N2O3Si/c1-11(14(18)17-16)19-12-7-9-13(10-8-12)20-21(5,6)15(2,3)4/h7-11H,16H2,1-6H3,(H,17,18)/t11-/m1/s1. The van der Waals surface area contributed by atoms with Crippen molar-refractivity contribution in [3.8, 4) is 11.5 Å². The van der Waals surface area contributed by atoms with Crippen LogP contribution < -0.4 is 20.4 Å². The highest BCUT2D eigenvalue weighted by Crippen LogP contribution is 2.37. The lowest BCUT2D eigenvalue weighted by atomic mass is 10.2. The first kappa shape index (κ1) is 17.5. The molecule has 6 heteroatoms. The van der Waals surface area contributed by atoms with Crippen LogP contribution >= 0.6 is 0 Å². The number of hydrogen-bond donors (Lipinski definition) is 2. The average Bonchev–Trinajstić information content (AvgIpc) is 2.38. The van der Waals surface area contributed by atoms with Crippen LogP contribution in [0.4, 0.5) is 0 Å². The molecule has 0 fully saturated rings. The van der Waals surface area contributed by atoms with E-state index in [-0.39, 0.29) is 10.9 Å². The van der Waals surface area contributed by atoms with E-state index in [0.29, 0.717) is 5.75 Å². The van der Waals surface area contributed by atoms with E-state index in [9.17, 15) is 4.79 Å². The van der Waals surface area contributed by atoms with Crippen molar-refractivity contribution >= 4 is 14.2 Å². The fraction of sp³-hybridized carbons (Fsp3) is 0.533. The summed E-state index contributed by atoms with van der Waals surface area (Å²) >= 11 is 0. The molecule has 0 heterocycles. The minimum absolute atomic E-state index is 0.149. The summed E-state index contributed by atoms with van der Waals surface area (Å²) in [6.45, 7) is 12.6. The number of nitrogens with two attached hydrogens (primary N) is 1. The molecule has 0 aromatic heterocycles. The lowest BCUT2D eigenvalue weighted by Gasteiger charge is -2.36. The molecule has 0 bridgehead atoms. The largest absolute Gasteiger partial charge is 0.543 e. The smallest absolute Gasteiger partial charge is 0.274 e. The maximum absolute atomic E-state index is 11.3. The summed E-state index contributed by atoms with van der Waals surface area (Å²) in [5.41, 5.74) is 2.06. The van der Waals surface area contributed by atoms with Gasteiger partial charge in [-0.3, -0.25) is 10.2 Å². The van der Waals surface area contributed by atoms with Gasteiger partial charge in [0.1, 0.15) is 11.5 Å². The van der Waals surface area contributed by atoms with Crippen molar-refractivity contribution in [2.45, 2.75) is 51.9 Å². The highest BCUT2D eigenvalue weighted by atomic mass is 28.4. The number of ether oxygens (including phenoxy) is 1. The molecule has 1 amide bonds. The molecule has 1 atom stereocenters. The minimum Gasteiger partial charge on any atom is -0.543 e. The van der Waals surface area contributed by atoms with E-state index < -0.39 is 14.4 Å². The van der Waals surface area contributed by atoms with Crippen molar-refractivity contribution in [2.75, 3.05) is 0 Å². The first-order chi connectivity index (χ1) is 9.56. The Morgan fingerprint density at radius 2 is 1.67 bits per heavy atom. The first-order valence-corrected chi connectivity index (χ1v) is 9.94. The second kappa shape index (κ2) is 6.49. The molecule has 1 aromatic rings. The number of nitrogens with one attached hydrogen (secondary N) is 1. The van der Waals surface area contributed by atoms with Gasteiger partial charge in [0, 0.05) is 0 Å². The van der Waals surface area contributed by atoms with Crippen molar-refractivity contribution in [3.05, 3.63) is 24.3 Å². The predicted octanol–water partition coefficient (Wildman–Crippen LogP) is 2.83. The number of carbonyl (C=O) groups is 1. The summed E-state index contributed by atoms with van der Waals surface area (Å²) in [5.74, 6) is 6.13. The van der Waals surface area contributed by atoms with Crippen LogP contribution in [0.25, 0.3) is 0 Å². The third-order valence-corrected chi connectivity index (χ3v) is 8.19. The average molecular weight is 310 g/mol. The van der Waals surface area contributed by atoms with Crippen LogP contribution in [0.2, 0.25) is 18.1 Å². The van der Waals surface area contributed by atoms with Gasteiger partial charge in [0.05, 0.1) is 0 Å². The Morgan fingerprint density at radius 3 is 2.10 bits per heavy atom. The number of carbonyl (C=O) groups excluding carboxylic acids is 1. The summed E-state index contributed by atoms with van der Waals surface area (Å²) in [6, 6.07) is 7.32. The molecule has 1 aromatic carbocycles. The molecule has 118 valence electrons. The maximum Gasteiger partial charge on any atom is 0.274 e. The summed E-state index contributed by atoms with van der Waals surface area (Å²) < 4.78 is 11.7. The van der Waals surface area contributed by atoms with Gasteiger partial charge in [-0.15, -0.1) is 0 Å². The Morgan fingerprint density at radius 1 is 1.19 bits per heavy atom. The minimum atomic E-state index is -1.84. The van der Waals surface area contributed by atoms with E-state index in [2.05, 4.69) is 39.3 Å². The summed E-state index contributed by atoms with van der Waals surface area (Å²) in [6.07, 6.45) is -0.637.